The highest BCUT2D eigenvalue weighted by Crippen LogP contribution is 2.24. The third-order valence-electron chi connectivity index (χ3n) is 2.09. The molecule has 0 bridgehead atoms. The fraction of sp³-hybridized carbons (Fsp3) is 0.300. The van der Waals surface area contributed by atoms with Gasteiger partial charge in [0.05, 0.1) is 22.2 Å². The largest absolute Gasteiger partial charge is 0.416 e. The van der Waals surface area contributed by atoms with E-state index >= 15 is 0 Å². The second-order valence-corrected chi connectivity index (χ2v) is 4.33. The monoisotopic (exact) mass is 319 g/mol. The molecule has 0 aliphatic heterocycles. The van der Waals surface area contributed by atoms with Gasteiger partial charge >= 0.3 is 6.18 Å². The van der Waals surface area contributed by atoms with Crippen molar-refractivity contribution in [1.82, 2.24) is 5.32 Å². The summed E-state index contributed by atoms with van der Waals surface area (Å²) < 4.78 is 49.1. The summed E-state index contributed by atoms with van der Waals surface area (Å²) in [6.07, 6.45) is -7.57. The van der Waals surface area contributed by atoms with Gasteiger partial charge in [0.2, 0.25) is 0 Å². The van der Waals surface area contributed by atoms with Gasteiger partial charge < -0.3 is 10.4 Å². The molecule has 0 aliphatic rings. The van der Waals surface area contributed by atoms with Crippen LogP contribution in [0.15, 0.2) is 12.1 Å². The van der Waals surface area contributed by atoms with E-state index in [9.17, 15) is 22.4 Å². The lowest BCUT2D eigenvalue weighted by Gasteiger charge is -2.15. The predicted molar refractivity (Wildman–Crippen MR) is 60.8 cm³/mol. The second-order valence-electron chi connectivity index (χ2n) is 3.51. The second kappa shape index (κ2) is 5.94. The molecule has 1 amide bonds. The maximum absolute atomic E-state index is 13.1. The van der Waals surface area contributed by atoms with Gasteiger partial charge in [-0.1, -0.05) is 23.2 Å². The maximum Gasteiger partial charge on any atom is 0.416 e. The number of hydrogen-bond acceptors (Lipinski definition) is 2. The van der Waals surface area contributed by atoms with E-state index in [0.29, 0.717) is 6.07 Å². The number of nitrogens with one attached hydrogen (secondary N) is 1. The number of amides is 1. The van der Waals surface area contributed by atoms with Gasteiger partial charge in [-0.25, -0.2) is 4.39 Å². The van der Waals surface area contributed by atoms with Crippen molar-refractivity contribution in [2.45, 2.75) is 12.3 Å². The van der Waals surface area contributed by atoms with E-state index in [4.69, 9.17) is 28.3 Å². The van der Waals surface area contributed by atoms with Crippen molar-refractivity contribution in [1.29, 1.82) is 0 Å². The topological polar surface area (TPSA) is 49.3 Å². The highest BCUT2D eigenvalue weighted by molar-refractivity contribution is 6.36. The van der Waals surface area contributed by atoms with Crippen LogP contribution in [0.5, 0.6) is 0 Å². The van der Waals surface area contributed by atoms with Crippen molar-refractivity contribution < 1.29 is 27.5 Å². The Morgan fingerprint density at radius 1 is 1.32 bits per heavy atom. The molecule has 1 aromatic rings. The van der Waals surface area contributed by atoms with E-state index in [1.54, 1.807) is 5.32 Å². The van der Waals surface area contributed by atoms with Crippen molar-refractivity contribution >= 4 is 29.1 Å². The number of benzene rings is 1. The van der Waals surface area contributed by atoms with Crippen LogP contribution in [-0.2, 0) is 0 Å². The van der Waals surface area contributed by atoms with Crippen molar-refractivity contribution in [2.75, 3.05) is 6.54 Å². The Morgan fingerprint density at radius 3 is 2.42 bits per heavy atom. The van der Waals surface area contributed by atoms with Crippen LogP contribution in [0.2, 0.25) is 10.0 Å². The third kappa shape index (κ3) is 4.22. The number of hydrogen-bond donors (Lipinski definition) is 2. The molecule has 3 nitrogen and oxygen atoms in total. The molecule has 1 aromatic carbocycles. The van der Waals surface area contributed by atoms with Gasteiger partial charge in [0.25, 0.3) is 5.91 Å². The van der Waals surface area contributed by atoms with Gasteiger partial charge in [-0.05, 0) is 12.1 Å². The fourth-order valence-electron chi connectivity index (χ4n) is 1.10. The number of alkyl halides is 3. The average molecular weight is 320 g/mol. The molecule has 0 saturated heterocycles. The lowest BCUT2D eigenvalue weighted by Crippen LogP contribution is -2.40. The lowest BCUT2D eigenvalue weighted by molar-refractivity contribution is -0.201. The van der Waals surface area contributed by atoms with Crippen molar-refractivity contribution in [3.8, 4) is 0 Å². The summed E-state index contributed by atoms with van der Waals surface area (Å²) >= 11 is 11.0. The smallest absolute Gasteiger partial charge is 0.382 e. The van der Waals surface area contributed by atoms with E-state index < -0.39 is 30.5 Å². The minimum absolute atomic E-state index is 0.217. The molecule has 106 valence electrons. The molecule has 1 atom stereocenters. The molecule has 0 spiro atoms. The first kappa shape index (κ1) is 16.0. The summed E-state index contributed by atoms with van der Waals surface area (Å²) in [5.41, 5.74) is -0.377. The molecule has 0 radical (unpaired) electrons. The molecular weight excluding hydrogens is 313 g/mol. The molecular formula is C10H7Cl2F4NO2. The molecule has 2 N–H and O–H groups in total. The lowest BCUT2D eigenvalue weighted by atomic mass is 10.2. The first-order valence-corrected chi connectivity index (χ1v) is 5.56. The van der Waals surface area contributed by atoms with Crippen LogP contribution >= 0.6 is 23.2 Å². The van der Waals surface area contributed by atoms with Crippen LogP contribution in [-0.4, -0.2) is 29.8 Å². The van der Waals surface area contributed by atoms with Crippen LogP contribution in [0, 0.1) is 5.82 Å². The number of aliphatic hydroxyl groups is 1. The zero-order valence-electron chi connectivity index (χ0n) is 9.06. The number of rotatable bonds is 3. The highest BCUT2D eigenvalue weighted by Gasteiger charge is 2.38. The van der Waals surface area contributed by atoms with Crippen LogP contribution in [0.3, 0.4) is 0 Å². The third-order valence-corrected chi connectivity index (χ3v) is 2.69. The quantitative estimate of drug-likeness (QED) is 0.665. The summed E-state index contributed by atoms with van der Waals surface area (Å²) in [4.78, 5) is 11.5. The van der Waals surface area contributed by atoms with Gasteiger partial charge in [-0.15, -0.1) is 0 Å². The molecule has 0 fully saturated rings. The van der Waals surface area contributed by atoms with Gasteiger partial charge in [0.15, 0.2) is 6.10 Å². The standard InChI is InChI=1S/C10H7Cl2F4NO2/c11-5-2-6(12)7(13)1-4(5)9(19)17-3-8(18)10(14,15)16/h1-2,8,18H,3H2,(H,17,19). The number of carbonyl (C=O) groups excluding carboxylic acids is 1. The number of aliphatic hydroxyl groups excluding tert-OH is 1. The van der Waals surface area contributed by atoms with E-state index in [2.05, 4.69) is 0 Å². The minimum Gasteiger partial charge on any atom is -0.382 e. The van der Waals surface area contributed by atoms with Crippen molar-refractivity contribution in [3.05, 3.63) is 33.6 Å². The highest BCUT2D eigenvalue weighted by atomic mass is 35.5. The summed E-state index contributed by atoms with van der Waals surface area (Å²) in [6.45, 7) is -1.07. The summed E-state index contributed by atoms with van der Waals surface area (Å²) in [5, 5.41) is 9.93. The average Bonchev–Trinajstić information content (AvgIpc) is 2.29. The Labute approximate surface area is 115 Å². The molecule has 1 unspecified atom stereocenters. The fourth-order valence-corrected chi connectivity index (χ4v) is 1.57. The maximum atomic E-state index is 13.1. The molecule has 1 rings (SSSR count). The Balaban J connectivity index is 2.77. The van der Waals surface area contributed by atoms with Gasteiger partial charge in [0.1, 0.15) is 5.82 Å². The molecule has 0 aliphatic carbocycles. The SMILES string of the molecule is O=C(NCC(O)C(F)(F)F)c1cc(F)c(Cl)cc1Cl. The zero-order valence-corrected chi connectivity index (χ0v) is 10.6. The summed E-state index contributed by atoms with van der Waals surface area (Å²) in [6, 6.07) is 1.65. The summed E-state index contributed by atoms with van der Waals surface area (Å²) in [7, 11) is 0. The first-order chi connectivity index (χ1) is 8.62. The van der Waals surface area contributed by atoms with Crippen molar-refractivity contribution in [3.63, 3.8) is 0 Å². The summed E-state index contributed by atoms with van der Waals surface area (Å²) in [5.74, 6) is -1.99. The molecule has 0 heterocycles. The first-order valence-electron chi connectivity index (χ1n) is 4.80. The Bertz CT molecular complexity index is 493. The Hall–Kier alpha value is -1.05. The van der Waals surface area contributed by atoms with Crippen LogP contribution in [0.4, 0.5) is 17.6 Å². The molecule has 0 aromatic heterocycles. The van der Waals surface area contributed by atoms with Gasteiger partial charge in [0, 0.05) is 0 Å². The number of halogens is 6. The van der Waals surface area contributed by atoms with Crippen molar-refractivity contribution in [2.24, 2.45) is 0 Å². The van der Waals surface area contributed by atoms with Crippen LogP contribution in [0.1, 0.15) is 10.4 Å². The van der Waals surface area contributed by atoms with E-state index in [1.807, 2.05) is 0 Å². The Kier molecular flexibility index (Phi) is 5.00. The van der Waals surface area contributed by atoms with E-state index in [1.165, 1.54) is 0 Å². The molecule has 9 heteroatoms. The normalized spacial score (nSPS) is 13.2. The molecule has 0 saturated carbocycles. The van der Waals surface area contributed by atoms with Crippen LogP contribution < -0.4 is 5.32 Å². The minimum atomic E-state index is -4.86. The zero-order chi connectivity index (χ0) is 14.8. The number of carbonyl (C=O) groups is 1. The van der Waals surface area contributed by atoms with Crippen LogP contribution in [0.25, 0.3) is 0 Å². The molecule has 19 heavy (non-hydrogen) atoms. The Morgan fingerprint density at radius 2 is 1.89 bits per heavy atom. The van der Waals surface area contributed by atoms with E-state index in [0.717, 1.165) is 6.07 Å². The van der Waals surface area contributed by atoms with Gasteiger partial charge in [-0.3, -0.25) is 4.79 Å². The predicted octanol–water partition coefficient (Wildman–Crippen LogP) is 2.79. The van der Waals surface area contributed by atoms with Gasteiger partial charge in [-0.2, -0.15) is 13.2 Å². The van der Waals surface area contributed by atoms with E-state index in [-0.39, 0.29) is 15.6 Å².